The summed E-state index contributed by atoms with van der Waals surface area (Å²) in [5.41, 5.74) is 3.80. The standard InChI is InChI=1S/C28H35F4N2O4P/c1-2-18(6-5-12-28(30,31)32)16-34-27(37)39(14-3-4-15-39)24(36)11-13-33-23(35)17-38-26-21-9-10-22(26)20-8-7-19(21)25(20)29/h2,5-6,12,24-26,36H,1,3-4,7-11,13-17H2,(H-,33,34,35,37)/p+1/b12-5+,18-6+. The fourth-order valence-corrected chi connectivity index (χ4v) is 10.2. The highest BCUT2D eigenvalue weighted by atomic mass is 31.2. The van der Waals surface area contributed by atoms with Crippen molar-refractivity contribution in [2.45, 2.75) is 69.2 Å². The van der Waals surface area contributed by atoms with Crippen molar-refractivity contribution in [1.29, 1.82) is 0 Å². The van der Waals surface area contributed by atoms with Gasteiger partial charge in [0.1, 0.15) is 26.1 Å². The fourth-order valence-electron chi connectivity index (χ4n) is 6.13. The molecule has 1 saturated heterocycles. The van der Waals surface area contributed by atoms with Gasteiger partial charge in [0.05, 0.1) is 12.3 Å². The van der Waals surface area contributed by atoms with E-state index < -0.39 is 25.5 Å². The van der Waals surface area contributed by atoms with Gasteiger partial charge in [-0.25, -0.2) is 9.18 Å². The van der Waals surface area contributed by atoms with Crippen LogP contribution in [0.25, 0.3) is 0 Å². The monoisotopic (exact) mass is 571 g/mol. The van der Waals surface area contributed by atoms with Crippen molar-refractivity contribution in [1.82, 2.24) is 10.6 Å². The first-order valence-corrected chi connectivity index (χ1v) is 15.7. The summed E-state index contributed by atoms with van der Waals surface area (Å²) in [4.78, 5) is 25.6. The minimum atomic E-state index is -4.43. The van der Waals surface area contributed by atoms with E-state index in [0.29, 0.717) is 17.9 Å². The molecule has 1 atom stereocenters. The molecule has 1 unspecified atom stereocenters. The molecule has 2 amide bonds. The van der Waals surface area contributed by atoms with Crippen LogP contribution >= 0.6 is 7.26 Å². The van der Waals surface area contributed by atoms with Crippen LogP contribution in [0.4, 0.5) is 22.4 Å². The molecule has 0 radical (unpaired) electrons. The van der Waals surface area contributed by atoms with Crippen LogP contribution < -0.4 is 10.6 Å². The van der Waals surface area contributed by atoms with Crippen LogP contribution in [0.5, 0.6) is 0 Å². The Kier molecular flexibility index (Phi) is 9.50. The number of ether oxygens (including phenoxy) is 1. The Morgan fingerprint density at radius 3 is 2.28 bits per heavy atom. The zero-order chi connectivity index (χ0) is 28.2. The average molecular weight is 572 g/mol. The molecule has 4 aliphatic rings. The third kappa shape index (κ3) is 6.72. The smallest absolute Gasteiger partial charge is 0.360 e. The molecule has 4 rings (SSSR count). The molecule has 1 aliphatic heterocycles. The summed E-state index contributed by atoms with van der Waals surface area (Å²) in [5, 5.41) is 16.6. The number of alkyl halides is 4. The van der Waals surface area contributed by atoms with Gasteiger partial charge < -0.3 is 20.5 Å². The normalized spacial score (nSPS) is 25.0. The number of rotatable bonds is 12. The number of aliphatic hydroxyl groups excluding tert-OH is 1. The lowest BCUT2D eigenvalue weighted by Crippen LogP contribution is -2.36. The van der Waals surface area contributed by atoms with E-state index >= 15 is 0 Å². The summed E-state index contributed by atoms with van der Waals surface area (Å²) in [6.07, 6.45) is 3.94. The number of carbonyl (C=O) groups is 2. The Balaban J connectivity index is 1.24. The van der Waals surface area contributed by atoms with E-state index in [1.807, 2.05) is 0 Å². The lowest BCUT2D eigenvalue weighted by atomic mass is 9.94. The molecule has 3 fully saturated rings. The van der Waals surface area contributed by atoms with E-state index in [2.05, 4.69) is 17.2 Å². The molecular weight excluding hydrogens is 535 g/mol. The van der Waals surface area contributed by atoms with E-state index in [-0.39, 0.29) is 49.9 Å². The second-order valence-corrected chi connectivity index (χ2v) is 14.4. The average Bonchev–Trinajstić information content (AvgIpc) is 3.57. The number of aliphatic hydroxyl groups is 1. The van der Waals surface area contributed by atoms with Gasteiger partial charge in [0.2, 0.25) is 5.91 Å². The molecule has 0 aromatic carbocycles. The maximum absolute atomic E-state index is 14.5. The number of amides is 2. The van der Waals surface area contributed by atoms with Crippen molar-refractivity contribution >= 4 is 18.8 Å². The van der Waals surface area contributed by atoms with Gasteiger partial charge in [-0.1, -0.05) is 24.8 Å². The van der Waals surface area contributed by atoms with E-state index in [0.717, 1.165) is 66.9 Å². The molecule has 3 N–H and O–H groups in total. The van der Waals surface area contributed by atoms with Crippen LogP contribution in [0.3, 0.4) is 0 Å². The summed E-state index contributed by atoms with van der Waals surface area (Å²) >= 11 is 0. The third-order valence-corrected chi connectivity index (χ3v) is 12.7. The Morgan fingerprint density at radius 1 is 1.08 bits per heavy atom. The van der Waals surface area contributed by atoms with Gasteiger partial charge in [-0.15, -0.1) is 0 Å². The Hall–Kier alpha value is -2.29. The highest BCUT2D eigenvalue weighted by Gasteiger charge is 2.54. The van der Waals surface area contributed by atoms with Crippen LogP contribution in [-0.2, 0) is 9.53 Å². The highest BCUT2D eigenvalue weighted by molar-refractivity contribution is 7.91. The molecule has 1 heterocycles. The minimum Gasteiger partial charge on any atom is -0.360 e. The first-order chi connectivity index (χ1) is 18.6. The lowest BCUT2D eigenvalue weighted by molar-refractivity contribution is -0.126. The number of nitrogens with one attached hydrogen (secondary N) is 2. The second kappa shape index (κ2) is 12.5. The molecule has 0 aromatic heterocycles. The first-order valence-electron chi connectivity index (χ1n) is 13.4. The summed E-state index contributed by atoms with van der Waals surface area (Å²) in [6.45, 7) is 3.61. The first kappa shape index (κ1) is 29.7. The van der Waals surface area contributed by atoms with E-state index in [1.165, 1.54) is 12.2 Å². The molecular formula is C28H36F4N2O4P+. The zero-order valence-electron chi connectivity index (χ0n) is 21.9. The zero-order valence-corrected chi connectivity index (χ0v) is 22.8. The molecule has 11 heteroatoms. The molecule has 4 bridgehead atoms. The second-order valence-electron chi connectivity index (χ2n) is 10.5. The molecule has 6 nitrogen and oxygen atoms in total. The summed E-state index contributed by atoms with van der Waals surface area (Å²) in [7, 11) is -2.45. The quantitative estimate of drug-likeness (QED) is 0.125. The van der Waals surface area contributed by atoms with E-state index in [1.54, 1.807) is 0 Å². The lowest BCUT2D eigenvalue weighted by Gasteiger charge is -2.26. The minimum absolute atomic E-state index is 0.00763. The summed E-state index contributed by atoms with van der Waals surface area (Å²) < 4.78 is 57.4. The number of fused-ring (bicyclic) bond motifs is 4. The van der Waals surface area contributed by atoms with Crippen molar-refractivity contribution in [2.75, 3.05) is 32.0 Å². The van der Waals surface area contributed by atoms with Crippen LogP contribution in [0, 0.1) is 0 Å². The molecule has 0 aromatic rings. The van der Waals surface area contributed by atoms with Crippen molar-refractivity contribution < 1.29 is 37.0 Å². The number of hydrogen-bond donors (Lipinski definition) is 3. The number of carbonyl (C=O) groups excluding carboxylic acids is 2. The molecule has 3 aliphatic carbocycles. The topological polar surface area (TPSA) is 87.7 Å². The van der Waals surface area contributed by atoms with Crippen molar-refractivity contribution in [3.63, 3.8) is 0 Å². The van der Waals surface area contributed by atoms with Gasteiger partial charge in [-0.3, -0.25) is 4.79 Å². The summed E-state index contributed by atoms with van der Waals surface area (Å²) in [5.74, 6) is -1.23. The molecule has 39 heavy (non-hydrogen) atoms. The maximum atomic E-state index is 14.5. The van der Waals surface area contributed by atoms with Crippen LogP contribution in [0.2, 0.25) is 0 Å². The number of allylic oxidation sites excluding steroid dienone is 5. The van der Waals surface area contributed by atoms with Gasteiger partial charge in [-0.2, -0.15) is 13.2 Å². The van der Waals surface area contributed by atoms with Gasteiger partial charge in [0.25, 0.3) is 0 Å². The number of halogens is 4. The molecule has 2 saturated carbocycles. The van der Waals surface area contributed by atoms with Gasteiger partial charge in [0, 0.05) is 25.6 Å². The maximum Gasteiger partial charge on any atom is 0.409 e. The Labute approximate surface area is 226 Å². The van der Waals surface area contributed by atoms with Crippen molar-refractivity contribution in [3.8, 4) is 0 Å². The van der Waals surface area contributed by atoms with Gasteiger partial charge in [-0.05, 0) is 66.4 Å². The highest BCUT2D eigenvalue weighted by Crippen LogP contribution is 2.67. The van der Waals surface area contributed by atoms with Gasteiger partial charge >= 0.3 is 11.8 Å². The predicted octanol–water partition coefficient (Wildman–Crippen LogP) is 5.48. The van der Waals surface area contributed by atoms with Gasteiger partial charge in [0.15, 0.2) is 5.85 Å². The van der Waals surface area contributed by atoms with E-state index in [4.69, 9.17) is 4.74 Å². The van der Waals surface area contributed by atoms with Crippen molar-refractivity contribution in [2.24, 2.45) is 0 Å². The summed E-state index contributed by atoms with van der Waals surface area (Å²) in [6, 6.07) is 0. The SMILES string of the molecule is C=C/C(=C\C=C\C(F)(F)F)CNC(=O)[P+]1(C(O)CCNC(=O)COC2C3=C4CCC(=C2CC3)C4F)CCCC1. The van der Waals surface area contributed by atoms with Crippen LogP contribution in [0.1, 0.15) is 44.9 Å². The third-order valence-electron chi connectivity index (χ3n) is 8.14. The molecule has 0 spiro atoms. The largest absolute Gasteiger partial charge is 0.409 e. The van der Waals surface area contributed by atoms with E-state index in [9.17, 15) is 32.3 Å². The Bertz CT molecular complexity index is 1080. The number of hydrogen-bond acceptors (Lipinski definition) is 4. The fraction of sp³-hybridized carbons (Fsp3) is 0.571. The Morgan fingerprint density at radius 2 is 1.69 bits per heavy atom. The molecule has 214 valence electrons. The van der Waals surface area contributed by atoms with Crippen LogP contribution in [0.15, 0.2) is 58.7 Å². The van der Waals surface area contributed by atoms with Crippen molar-refractivity contribution in [3.05, 3.63) is 58.7 Å². The predicted molar refractivity (Wildman–Crippen MR) is 144 cm³/mol. The van der Waals surface area contributed by atoms with Crippen LogP contribution in [-0.4, -0.2) is 73.0 Å².